The Morgan fingerprint density at radius 1 is 1.24 bits per heavy atom. The predicted molar refractivity (Wildman–Crippen MR) is 111 cm³/mol. The van der Waals surface area contributed by atoms with Crippen LogP contribution in [0.4, 0.5) is 4.79 Å². The maximum absolute atomic E-state index is 12.5. The van der Waals surface area contributed by atoms with Crippen molar-refractivity contribution in [3.05, 3.63) is 11.7 Å². The van der Waals surface area contributed by atoms with E-state index in [-0.39, 0.29) is 30.0 Å². The summed E-state index contributed by atoms with van der Waals surface area (Å²) in [6.07, 6.45) is 8.22. The monoisotopic (exact) mass is 424 g/mol. The van der Waals surface area contributed by atoms with Crippen LogP contribution in [-0.4, -0.2) is 59.8 Å². The van der Waals surface area contributed by atoms with E-state index in [1.807, 2.05) is 0 Å². The minimum Gasteiger partial charge on any atom is -0.339 e. The van der Waals surface area contributed by atoms with E-state index >= 15 is 0 Å². The molecule has 1 unspecified atom stereocenters. The van der Waals surface area contributed by atoms with Crippen LogP contribution in [0.3, 0.4) is 0 Å². The quantitative estimate of drug-likeness (QED) is 0.668. The summed E-state index contributed by atoms with van der Waals surface area (Å²) >= 11 is 0. The molecular formula is C20H33ClN6O2. The molecule has 1 aromatic rings. The smallest absolute Gasteiger partial charge is 0.315 e. The van der Waals surface area contributed by atoms with E-state index in [0.717, 1.165) is 43.2 Å². The molecule has 1 aromatic heterocycles. The fraction of sp³-hybridized carbons (Fsp3) is 0.850. The SMILES string of the molecule is CN1CCNCC1c1noc(CCNC(=O)NC23CC4CC(CC(C4)C2)C3)n1.Cl. The van der Waals surface area contributed by atoms with E-state index in [2.05, 4.69) is 38.0 Å². The summed E-state index contributed by atoms with van der Waals surface area (Å²) in [5.41, 5.74) is 0.0507. The van der Waals surface area contributed by atoms with Crippen LogP contribution in [0, 0.1) is 17.8 Å². The first-order chi connectivity index (χ1) is 13.6. The average Bonchev–Trinajstić information content (AvgIpc) is 3.09. The van der Waals surface area contributed by atoms with Gasteiger partial charge in [-0.05, 0) is 63.3 Å². The number of hydrogen-bond donors (Lipinski definition) is 3. The van der Waals surface area contributed by atoms with Gasteiger partial charge in [0.25, 0.3) is 0 Å². The Labute approximate surface area is 178 Å². The van der Waals surface area contributed by atoms with Crippen LogP contribution in [0.2, 0.25) is 0 Å². The topological polar surface area (TPSA) is 95.3 Å². The van der Waals surface area contributed by atoms with Gasteiger partial charge >= 0.3 is 6.03 Å². The van der Waals surface area contributed by atoms with E-state index in [0.29, 0.717) is 18.9 Å². The Kier molecular flexibility index (Phi) is 6.04. The second-order valence-corrected chi connectivity index (χ2v) is 9.58. The molecule has 6 rings (SSSR count). The molecule has 1 atom stereocenters. The third-order valence-electron chi connectivity index (χ3n) is 7.33. The van der Waals surface area contributed by atoms with Gasteiger partial charge in [0.05, 0.1) is 6.04 Å². The summed E-state index contributed by atoms with van der Waals surface area (Å²) in [7, 11) is 2.08. The van der Waals surface area contributed by atoms with Crippen LogP contribution in [-0.2, 0) is 6.42 Å². The van der Waals surface area contributed by atoms with Gasteiger partial charge in [-0.15, -0.1) is 12.4 Å². The zero-order chi connectivity index (χ0) is 19.1. The van der Waals surface area contributed by atoms with Crippen LogP contribution in [0.1, 0.15) is 56.3 Å². The Hall–Kier alpha value is -1.38. The van der Waals surface area contributed by atoms with Crippen LogP contribution in [0.5, 0.6) is 0 Å². The van der Waals surface area contributed by atoms with E-state index < -0.39 is 0 Å². The number of rotatable bonds is 5. The summed E-state index contributed by atoms with van der Waals surface area (Å²) < 4.78 is 5.39. The fourth-order valence-electron chi connectivity index (χ4n) is 6.43. The Morgan fingerprint density at radius 3 is 2.59 bits per heavy atom. The van der Waals surface area contributed by atoms with E-state index in [1.165, 1.54) is 38.5 Å². The summed E-state index contributed by atoms with van der Waals surface area (Å²) in [6.45, 7) is 3.31. The number of amides is 2. The summed E-state index contributed by atoms with van der Waals surface area (Å²) in [5.74, 6) is 3.80. The molecule has 4 saturated carbocycles. The van der Waals surface area contributed by atoms with Crippen molar-refractivity contribution in [1.29, 1.82) is 0 Å². The van der Waals surface area contributed by atoms with Gasteiger partial charge in [0.2, 0.25) is 5.89 Å². The summed E-state index contributed by atoms with van der Waals surface area (Å²) in [4.78, 5) is 19.3. The lowest BCUT2D eigenvalue weighted by atomic mass is 9.53. The maximum atomic E-state index is 12.5. The third kappa shape index (κ3) is 4.39. The van der Waals surface area contributed by atoms with Crippen molar-refractivity contribution < 1.29 is 9.32 Å². The van der Waals surface area contributed by atoms with Crippen molar-refractivity contribution in [1.82, 2.24) is 31.0 Å². The van der Waals surface area contributed by atoms with Crippen molar-refractivity contribution in [2.75, 3.05) is 33.2 Å². The maximum Gasteiger partial charge on any atom is 0.315 e. The molecule has 5 fully saturated rings. The average molecular weight is 425 g/mol. The van der Waals surface area contributed by atoms with Gasteiger partial charge in [0.1, 0.15) is 0 Å². The molecule has 1 aliphatic heterocycles. The molecule has 162 valence electrons. The standard InChI is InChI=1S/C20H32N6O2.ClH/c1-26-5-4-21-12-16(26)18-23-17(28-25-18)2-3-22-19(27)24-20-9-13-6-14(10-20)8-15(7-13)11-20;/h13-16,21H,2-12H2,1H3,(H2,22,24,27);1H. The number of halogens is 1. The van der Waals surface area contributed by atoms with E-state index in [4.69, 9.17) is 4.52 Å². The molecule has 2 amide bonds. The van der Waals surface area contributed by atoms with E-state index in [9.17, 15) is 4.79 Å². The molecule has 4 aliphatic carbocycles. The molecule has 1 saturated heterocycles. The number of nitrogens with zero attached hydrogens (tertiary/aromatic N) is 3. The van der Waals surface area contributed by atoms with Gasteiger partial charge < -0.3 is 20.5 Å². The zero-order valence-corrected chi connectivity index (χ0v) is 18.0. The van der Waals surface area contributed by atoms with Crippen molar-refractivity contribution >= 4 is 18.4 Å². The molecule has 5 aliphatic rings. The molecule has 2 heterocycles. The molecule has 8 nitrogen and oxygen atoms in total. The first kappa shape index (κ1) is 20.9. The fourth-order valence-corrected chi connectivity index (χ4v) is 6.43. The van der Waals surface area contributed by atoms with Gasteiger partial charge in [0.15, 0.2) is 5.82 Å². The first-order valence-electron chi connectivity index (χ1n) is 10.9. The van der Waals surface area contributed by atoms with Crippen LogP contribution >= 0.6 is 12.4 Å². The molecule has 0 radical (unpaired) electrons. The van der Waals surface area contributed by atoms with E-state index in [1.54, 1.807) is 0 Å². The Balaban J connectivity index is 0.00000205. The number of carbonyl (C=O) groups excluding carboxylic acids is 1. The van der Waals surface area contributed by atoms with Gasteiger partial charge in [0, 0.05) is 38.1 Å². The minimum absolute atomic E-state index is 0. The lowest BCUT2D eigenvalue weighted by Crippen LogP contribution is -2.61. The normalized spacial score (nSPS) is 35.9. The first-order valence-corrected chi connectivity index (χ1v) is 10.9. The lowest BCUT2D eigenvalue weighted by Gasteiger charge is -2.56. The van der Waals surface area contributed by atoms with Crippen LogP contribution < -0.4 is 16.0 Å². The number of hydrogen-bond acceptors (Lipinski definition) is 6. The highest BCUT2D eigenvalue weighted by atomic mass is 35.5. The summed E-state index contributed by atoms with van der Waals surface area (Å²) in [5, 5.41) is 13.8. The number of aromatic nitrogens is 2. The van der Waals surface area contributed by atoms with Crippen molar-refractivity contribution in [3.63, 3.8) is 0 Å². The molecular weight excluding hydrogens is 392 g/mol. The van der Waals surface area contributed by atoms with Crippen LogP contribution in [0.25, 0.3) is 0 Å². The summed E-state index contributed by atoms with van der Waals surface area (Å²) in [6, 6.07) is 0.108. The van der Waals surface area contributed by atoms with Gasteiger partial charge in [-0.1, -0.05) is 5.16 Å². The number of nitrogens with one attached hydrogen (secondary N) is 3. The zero-order valence-electron chi connectivity index (χ0n) is 17.2. The third-order valence-corrected chi connectivity index (χ3v) is 7.33. The number of carbonyl (C=O) groups is 1. The van der Waals surface area contributed by atoms with Crippen molar-refractivity contribution in [2.45, 2.75) is 56.5 Å². The largest absolute Gasteiger partial charge is 0.339 e. The molecule has 3 N–H and O–H groups in total. The number of piperazine rings is 1. The molecule has 9 heteroatoms. The second kappa shape index (κ2) is 8.40. The van der Waals surface area contributed by atoms with Gasteiger partial charge in [-0.25, -0.2) is 4.79 Å². The molecule has 0 spiro atoms. The van der Waals surface area contributed by atoms with Crippen LogP contribution in [0.15, 0.2) is 4.52 Å². The number of likely N-dealkylation sites (N-methyl/N-ethyl adjacent to an activating group) is 1. The van der Waals surface area contributed by atoms with Gasteiger partial charge in [-0.3, -0.25) is 4.90 Å². The predicted octanol–water partition coefficient (Wildman–Crippen LogP) is 1.88. The Bertz CT molecular complexity index is 690. The molecule has 0 aromatic carbocycles. The lowest BCUT2D eigenvalue weighted by molar-refractivity contribution is -0.0135. The van der Waals surface area contributed by atoms with Crippen molar-refractivity contribution in [3.8, 4) is 0 Å². The Morgan fingerprint density at radius 2 is 1.93 bits per heavy atom. The molecule has 29 heavy (non-hydrogen) atoms. The number of urea groups is 1. The highest BCUT2D eigenvalue weighted by Crippen LogP contribution is 2.55. The second-order valence-electron chi connectivity index (χ2n) is 9.58. The van der Waals surface area contributed by atoms with Crippen molar-refractivity contribution in [2.24, 2.45) is 17.8 Å². The minimum atomic E-state index is -0.0436. The molecule has 4 bridgehead atoms. The highest BCUT2D eigenvalue weighted by Gasteiger charge is 2.51. The van der Waals surface area contributed by atoms with Gasteiger partial charge in [-0.2, -0.15) is 4.98 Å². The highest BCUT2D eigenvalue weighted by molar-refractivity contribution is 5.85.